The SMILES string of the molecule is Cc1[nH]nc(S(=O)(=O)N(CC(F)(F)F)C2CC2)c1CN. The monoisotopic (exact) mass is 312 g/mol. The quantitative estimate of drug-likeness (QED) is 0.844. The van der Waals surface area contributed by atoms with E-state index in [9.17, 15) is 21.6 Å². The van der Waals surface area contributed by atoms with Crippen molar-refractivity contribution in [3.05, 3.63) is 11.3 Å². The highest BCUT2D eigenvalue weighted by atomic mass is 32.2. The second-order valence-corrected chi connectivity index (χ2v) is 6.54. The van der Waals surface area contributed by atoms with Gasteiger partial charge in [0.2, 0.25) is 0 Å². The lowest BCUT2D eigenvalue weighted by molar-refractivity contribution is -0.137. The highest BCUT2D eigenvalue weighted by molar-refractivity contribution is 7.89. The van der Waals surface area contributed by atoms with Crippen LogP contribution in [0.5, 0.6) is 0 Å². The summed E-state index contributed by atoms with van der Waals surface area (Å²) in [5, 5.41) is 5.66. The van der Waals surface area contributed by atoms with Gasteiger partial charge in [-0.15, -0.1) is 0 Å². The van der Waals surface area contributed by atoms with Crippen LogP contribution >= 0.6 is 0 Å². The van der Waals surface area contributed by atoms with E-state index in [0.29, 0.717) is 22.8 Å². The lowest BCUT2D eigenvalue weighted by Crippen LogP contribution is -2.41. The van der Waals surface area contributed by atoms with E-state index in [1.54, 1.807) is 6.92 Å². The Morgan fingerprint density at radius 1 is 1.45 bits per heavy atom. The van der Waals surface area contributed by atoms with Gasteiger partial charge in [-0.25, -0.2) is 8.42 Å². The summed E-state index contributed by atoms with van der Waals surface area (Å²) in [5.74, 6) is 0. The molecule has 1 aromatic heterocycles. The van der Waals surface area contributed by atoms with Gasteiger partial charge in [0.05, 0.1) is 0 Å². The summed E-state index contributed by atoms with van der Waals surface area (Å²) in [6, 6.07) is -0.607. The van der Waals surface area contributed by atoms with Crippen LogP contribution in [0.25, 0.3) is 0 Å². The predicted molar refractivity (Wildman–Crippen MR) is 64.2 cm³/mol. The number of rotatable bonds is 5. The van der Waals surface area contributed by atoms with Crippen LogP contribution in [-0.4, -0.2) is 41.7 Å². The van der Waals surface area contributed by atoms with Gasteiger partial charge in [0.15, 0.2) is 5.03 Å². The first-order chi connectivity index (χ1) is 9.16. The normalized spacial score (nSPS) is 16.9. The molecule has 0 saturated heterocycles. The molecule has 1 heterocycles. The van der Waals surface area contributed by atoms with Gasteiger partial charge in [0, 0.05) is 23.8 Å². The first-order valence-electron chi connectivity index (χ1n) is 5.99. The third-order valence-corrected chi connectivity index (χ3v) is 4.95. The average molecular weight is 312 g/mol. The first kappa shape index (κ1) is 15.3. The largest absolute Gasteiger partial charge is 0.402 e. The number of nitrogens with zero attached hydrogens (tertiary/aromatic N) is 2. The molecule has 114 valence electrons. The maximum absolute atomic E-state index is 12.6. The van der Waals surface area contributed by atoms with Crippen LogP contribution in [0.1, 0.15) is 24.1 Å². The number of aromatic nitrogens is 2. The molecule has 0 aromatic carbocycles. The van der Waals surface area contributed by atoms with Gasteiger partial charge in [-0.2, -0.15) is 22.6 Å². The van der Waals surface area contributed by atoms with Crippen LogP contribution in [0.2, 0.25) is 0 Å². The standard InChI is InChI=1S/C10H15F3N4O2S/c1-6-8(4-14)9(16-15-6)20(18,19)17(7-2-3-7)5-10(11,12)13/h7H,2-5,14H2,1H3,(H,15,16). The Bertz CT molecular complexity index is 592. The summed E-state index contributed by atoms with van der Waals surface area (Å²) in [5.41, 5.74) is 6.11. The summed E-state index contributed by atoms with van der Waals surface area (Å²) in [6.07, 6.45) is -3.74. The van der Waals surface area contributed by atoms with E-state index in [-0.39, 0.29) is 12.1 Å². The Hall–Kier alpha value is -1.13. The van der Waals surface area contributed by atoms with Crippen molar-refractivity contribution >= 4 is 10.0 Å². The molecule has 0 spiro atoms. The number of aryl methyl sites for hydroxylation is 1. The van der Waals surface area contributed by atoms with Crippen LogP contribution < -0.4 is 5.73 Å². The molecule has 3 N–H and O–H groups in total. The molecule has 1 saturated carbocycles. The molecule has 10 heteroatoms. The molecular weight excluding hydrogens is 297 g/mol. The van der Waals surface area contributed by atoms with E-state index >= 15 is 0 Å². The van der Waals surface area contributed by atoms with E-state index in [4.69, 9.17) is 5.73 Å². The Balaban J connectivity index is 2.40. The fourth-order valence-corrected chi connectivity index (χ4v) is 3.79. The summed E-state index contributed by atoms with van der Waals surface area (Å²) in [6.45, 7) is -0.0449. The molecule has 1 aliphatic carbocycles. The van der Waals surface area contributed by atoms with Crippen LogP contribution in [0, 0.1) is 6.92 Å². The van der Waals surface area contributed by atoms with Gasteiger partial charge in [-0.05, 0) is 19.8 Å². The molecule has 2 rings (SSSR count). The number of hydrogen-bond donors (Lipinski definition) is 2. The molecule has 1 aliphatic rings. The molecule has 1 aromatic rings. The molecule has 6 nitrogen and oxygen atoms in total. The number of halogens is 3. The number of nitrogens with two attached hydrogens (primary N) is 1. The zero-order chi connectivity index (χ0) is 15.1. The van der Waals surface area contributed by atoms with Crippen LogP contribution in [0.15, 0.2) is 5.03 Å². The highest BCUT2D eigenvalue weighted by Gasteiger charge is 2.46. The van der Waals surface area contributed by atoms with Crippen molar-refractivity contribution in [2.24, 2.45) is 5.73 Å². The third kappa shape index (κ3) is 2.96. The fraction of sp³-hybridized carbons (Fsp3) is 0.700. The second kappa shape index (κ2) is 5.01. The molecule has 20 heavy (non-hydrogen) atoms. The maximum atomic E-state index is 12.6. The van der Waals surface area contributed by atoms with Crippen LogP contribution in [0.4, 0.5) is 13.2 Å². The molecule has 0 aliphatic heterocycles. The highest BCUT2D eigenvalue weighted by Crippen LogP contribution is 2.35. The van der Waals surface area contributed by atoms with Gasteiger partial charge in [-0.3, -0.25) is 5.10 Å². The number of nitrogens with one attached hydrogen (secondary N) is 1. The number of alkyl halides is 3. The Labute approximate surface area is 114 Å². The molecular formula is C10H15F3N4O2S. The van der Waals surface area contributed by atoms with Crippen molar-refractivity contribution in [3.8, 4) is 0 Å². The summed E-state index contributed by atoms with van der Waals surface area (Å²) < 4.78 is 62.9. The van der Waals surface area contributed by atoms with Crippen molar-refractivity contribution in [1.82, 2.24) is 14.5 Å². The minimum Gasteiger partial charge on any atom is -0.326 e. The van der Waals surface area contributed by atoms with Crippen molar-refractivity contribution in [3.63, 3.8) is 0 Å². The second-order valence-electron chi connectivity index (χ2n) is 4.73. The van der Waals surface area contributed by atoms with E-state index in [1.165, 1.54) is 0 Å². The smallest absolute Gasteiger partial charge is 0.326 e. The minimum absolute atomic E-state index is 0.110. The van der Waals surface area contributed by atoms with Crippen molar-refractivity contribution < 1.29 is 21.6 Å². The Kier molecular flexibility index (Phi) is 3.82. The van der Waals surface area contributed by atoms with Crippen LogP contribution in [0.3, 0.4) is 0 Å². The van der Waals surface area contributed by atoms with Gasteiger partial charge >= 0.3 is 6.18 Å². The van der Waals surface area contributed by atoms with Gasteiger partial charge in [0.1, 0.15) is 6.54 Å². The zero-order valence-corrected chi connectivity index (χ0v) is 11.6. The summed E-state index contributed by atoms with van der Waals surface area (Å²) in [4.78, 5) is 0. The molecule has 0 unspecified atom stereocenters. The van der Waals surface area contributed by atoms with E-state index in [1.807, 2.05) is 0 Å². The average Bonchev–Trinajstić information content (AvgIpc) is 3.07. The first-order valence-corrected chi connectivity index (χ1v) is 7.43. The van der Waals surface area contributed by atoms with Crippen LogP contribution in [-0.2, 0) is 16.6 Å². The molecule has 1 fully saturated rings. The van der Waals surface area contributed by atoms with Crippen molar-refractivity contribution in [2.45, 2.75) is 43.6 Å². The summed E-state index contributed by atoms with van der Waals surface area (Å²) >= 11 is 0. The Morgan fingerprint density at radius 2 is 2.05 bits per heavy atom. The van der Waals surface area contributed by atoms with Crippen molar-refractivity contribution in [1.29, 1.82) is 0 Å². The maximum Gasteiger partial charge on any atom is 0.402 e. The third-order valence-electron chi connectivity index (χ3n) is 3.08. The van der Waals surface area contributed by atoms with Gasteiger partial charge < -0.3 is 5.73 Å². The van der Waals surface area contributed by atoms with E-state index in [0.717, 1.165) is 0 Å². The van der Waals surface area contributed by atoms with E-state index in [2.05, 4.69) is 10.2 Å². The fourth-order valence-electron chi connectivity index (χ4n) is 1.94. The number of aromatic amines is 1. The van der Waals surface area contributed by atoms with Crippen molar-refractivity contribution in [2.75, 3.05) is 6.54 Å². The molecule has 0 amide bonds. The minimum atomic E-state index is -4.59. The lowest BCUT2D eigenvalue weighted by Gasteiger charge is -2.22. The lowest BCUT2D eigenvalue weighted by atomic mass is 10.3. The van der Waals surface area contributed by atoms with Gasteiger partial charge in [0.25, 0.3) is 10.0 Å². The molecule has 0 atom stereocenters. The molecule has 0 bridgehead atoms. The number of sulfonamides is 1. The van der Waals surface area contributed by atoms with E-state index < -0.39 is 33.8 Å². The number of hydrogen-bond acceptors (Lipinski definition) is 4. The molecule has 0 radical (unpaired) electrons. The topological polar surface area (TPSA) is 92.1 Å². The van der Waals surface area contributed by atoms with Gasteiger partial charge in [-0.1, -0.05) is 0 Å². The zero-order valence-electron chi connectivity index (χ0n) is 10.7. The summed E-state index contributed by atoms with van der Waals surface area (Å²) in [7, 11) is -4.30. The predicted octanol–water partition coefficient (Wildman–Crippen LogP) is 0.892. The Morgan fingerprint density at radius 3 is 2.50 bits per heavy atom. The number of H-pyrrole nitrogens is 1.